The number of ether oxygens (including phenoxy) is 1. The van der Waals surface area contributed by atoms with Gasteiger partial charge in [-0.15, -0.1) is 0 Å². The molecule has 1 aromatic carbocycles. The van der Waals surface area contributed by atoms with Crippen LogP contribution in [0.5, 0.6) is 5.75 Å². The predicted molar refractivity (Wildman–Crippen MR) is 64.9 cm³/mol. The van der Waals surface area contributed by atoms with Gasteiger partial charge in [-0.25, -0.2) is 8.78 Å². The van der Waals surface area contributed by atoms with Crippen LogP contribution in [-0.4, -0.2) is 19.1 Å². The molecule has 1 rings (SSSR count). The van der Waals surface area contributed by atoms with E-state index in [-0.39, 0.29) is 11.8 Å². The fourth-order valence-electron chi connectivity index (χ4n) is 1.39. The first-order chi connectivity index (χ1) is 8.02. The molecule has 0 aliphatic rings. The Balaban J connectivity index is 2.65. The zero-order chi connectivity index (χ0) is 12.8. The molecule has 1 aromatic rings. The second kappa shape index (κ2) is 6.77. The van der Waals surface area contributed by atoms with Crippen molar-refractivity contribution in [3.8, 4) is 5.75 Å². The van der Waals surface area contributed by atoms with Gasteiger partial charge in [0.2, 0.25) is 0 Å². The number of alkyl halides is 2. The summed E-state index contributed by atoms with van der Waals surface area (Å²) in [5.74, 6) is 0.279. The van der Waals surface area contributed by atoms with Crippen LogP contribution in [0.3, 0.4) is 0 Å². The number of halogens is 3. The van der Waals surface area contributed by atoms with E-state index in [4.69, 9.17) is 22.1 Å². The lowest BCUT2D eigenvalue weighted by molar-refractivity contribution is 0.0819. The Hall–Kier alpha value is -0.870. The van der Waals surface area contributed by atoms with E-state index in [1.165, 1.54) is 0 Å². The van der Waals surface area contributed by atoms with Crippen LogP contribution in [0.1, 0.15) is 18.9 Å². The molecule has 17 heavy (non-hydrogen) atoms. The lowest BCUT2D eigenvalue weighted by Gasteiger charge is -2.11. The highest BCUT2D eigenvalue weighted by molar-refractivity contribution is 6.32. The summed E-state index contributed by atoms with van der Waals surface area (Å²) in [6.07, 6.45) is -0.911. The standard InChI is InChI=1S/C12H16ClF2NO/c1-2-9(16)5-8-3-4-11(10(13)6-8)17-7-12(14)15/h3-4,6,9,12H,2,5,7,16H2,1H3. The Morgan fingerprint density at radius 3 is 2.65 bits per heavy atom. The summed E-state index contributed by atoms with van der Waals surface area (Å²) in [4.78, 5) is 0. The molecule has 1 atom stereocenters. The fourth-order valence-corrected chi connectivity index (χ4v) is 1.65. The maximum Gasteiger partial charge on any atom is 0.272 e. The van der Waals surface area contributed by atoms with Crippen LogP contribution in [0.15, 0.2) is 18.2 Å². The number of rotatable bonds is 6. The second-order valence-electron chi connectivity index (χ2n) is 3.84. The van der Waals surface area contributed by atoms with Gasteiger partial charge in [-0.2, -0.15) is 0 Å². The van der Waals surface area contributed by atoms with E-state index in [2.05, 4.69) is 0 Å². The normalized spacial score (nSPS) is 12.8. The van der Waals surface area contributed by atoms with Crippen LogP contribution in [0.4, 0.5) is 8.78 Å². The van der Waals surface area contributed by atoms with E-state index in [1.54, 1.807) is 18.2 Å². The van der Waals surface area contributed by atoms with Crippen LogP contribution in [0.2, 0.25) is 5.02 Å². The summed E-state index contributed by atoms with van der Waals surface area (Å²) >= 11 is 5.93. The first-order valence-corrected chi connectivity index (χ1v) is 5.85. The molecule has 0 aliphatic carbocycles. The average Bonchev–Trinajstić information content (AvgIpc) is 2.27. The summed E-state index contributed by atoms with van der Waals surface area (Å²) in [5.41, 5.74) is 6.80. The first-order valence-electron chi connectivity index (χ1n) is 5.47. The maximum absolute atomic E-state index is 12.0. The molecule has 0 aromatic heterocycles. The number of hydrogen-bond acceptors (Lipinski definition) is 2. The van der Waals surface area contributed by atoms with Crippen molar-refractivity contribution in [2.75, 3.05) is 6.61 Å². The molecule has 0 saturated carbocycles. The second-order valence-corrected chi connectivity index (χ2v) is 4.25. The van der Waals surface area contributed by atoms with Crippen molar-refractivity contribution in [3.05, 3.63) is 28.8 Å². The SMILES string of the molecule is CCC(N)Cc1ccc(OCC(F)F)c(Cl)c1. The zero-order valence-electron chi connectivity index (χ0n) is 9.63. The summed E-state index contributed by atoms with van der Waals surface area (Å²) in [6.45, 7) is 1.36. The summed E-state index contributed by atoms with van der Waals surface area (Å²) in [6, 6.07) is 5.18. The van der Waals surface area contributed by atoms with Gasteiger partial charge < -0.3 is 10.5 Å². The van der Waals surface area contributed by atoms with Gasteiger partial charge in [-0.05, 0) is 30.5 Å². The molecule has 0 aliphatic heterocycles. The van der Waals surface area contributed by atoms with Gasteiger partial charge in [0.1, 0.15) is 12.4 Å². The third kappa shape index (κ3) is 4.88. The quantitative estimate of drug-likeness (QED) is 0.855. The minimum Gasteiger partial charge on any atom is -0.486 e. The van der Waals surface area contributed by atoms with Gasteiger partial charge >= 0.3 is 0 Å². The summed E-state index contributed by atoms with van der Waals surface area (Å²) in [5, 5.41) is 0.339. The Kier molecular flexibility index (Phi) is 5.65. The molecule has 0 fully saturated rings. The Morgan fingerprint density at radius 1 is 1.41 bits per heavy atom. The number of hydrogen-bond donors (Lipinski definition) is 1. The molecule has 0 radical (unpaired) electrons. The van der Waals surface area contributed by atoms with E-state index in [0.717, 1.165) is 12.0 Å². The van der Waals surface area contributed by atoms with Crippen molar-refractivity contribution in [2.24, 2.45) is 5.73 Å². The molecule has 0 heterocycles. The lowest BCUT2D eigenvalue weighted by atomic mass is 10.0. The molecule has 2 N–H and O–H groups in total. The highest BCUT2D eigenvalue weighted by Crippen LogP contribution is 2.26. The van der Waals surface area contributed by atoms with Gasteiger partial charge in [0.25, 0.3) is 6.43 Å². The van der Waals surface area contributed by atoms with Crippen LogP contribution < -0.4 is 10.5 Å². The minimum atomic E-state index is -2.50. The molecule has 5 heteroatoms. The first kappa shape index (κ1) is 14.2. The smallest absolute Gasteiger partial charge is 0.272 e. The van der Waals surface area contributed by atoms with Gasteiger partial charge in [-0.3, -0.25) is 0 Å². The molecule has 0 bridgehead atoms. The van der Waals surface area contributed by atoms with Crippen molar-refractivity contribution in [1.29, 1.82) is 0 Å². The van der Waals surface area contributed by atoms with Crippen LogP contribution in [-0.2, 0) is 6.42 Å². The van der Waals surface area contributed by atoms with E-state index in [0.29, 0.717) is 11.4 Å². The Morgan fingerprint density at radius 2 is 2.12 bits per heavy atom. The fraction of sp³-hybridized carbons (Fsp3) is 0.500. The van der Waals surface area contributed by atoms with Crippen molar-refractivity contribution < 1.29 is 13.5 Å². The average molecular weight is 264 g/mol. The topological polar surface area (TPSA) is 35.2 Å². The molecule has 1 unspecified atom stereocenters. The largest absolute Gasteiger partial charge is 0.486 e. The maximum atomic E-state index is 12.0. The third-order valence-corrected chi connectivity index (χ3v) is 2.68. The van der Waals surface area contributed by atoms with Crippen LogP contribution in [0.25, 0.3) is 0 Å². The Labute approximate surface area is 105 Å². The van der Waals surface area contributed by atoms with E-state index >= 15 is 0 Å². The highest BCUT2D eigenvalue weighted by Gasteiger charge is 2.08. The van der Waals surface area contributed by atoms with Crippen LogP contribution in [0, 0.1) is 0 Å². The van der Waals surface area contributed by atoms with Crippen LogP contribution >= 0.6 is 11.6 Å². The summed E-state index contributed by atoms with van der Waals surface area (Å²) in [7, 11) is 0. The monoisotopic (exact) mass is 263 g/mol. The lowest BCUT2D eigenvalue weighted by Crippen LogP contribution is -2.21. The molecule has 0 saturated heterocycles. The van der Waals surface area contributed by atoms with E-state index in [9.17, 15) is 8.78 Å². The molecular formula is C12H16ClF2NO. The van der Waals surface area contributed by atoms with Gasteiger partial charge in [0, 0.05) is 6.04 Å². The molecular weight excluding hydrogens is 248 g/mol. The van der Waals surface area contributed by atoms with Crippen molar-refractivity contribution in [1.82, 2.24) is 0 Å². The third-order valence-electron chi connectivity index (χ3n) is 2.38. The highest BCUT2D eigenvalue weighted by atomic mass is 35.5. The molecule has 2 nitrogen and oxygen atoms in total. The van der Waals surface area contributed by atoms with Gasteiger partial charge in [0.05, 0.1) is 5.02 Å². The predicted octanol–water partition coefficient (Wildman–Crippen LogP) is 3.26. The number of benzene rings is 1. The molecule has 0 spiro atoms. The molecule has 0 amide bonds. The molecule has 96 valence electrons. The van der Waals surface area contributed by atoms with Crippen molar-refractivity contribution >= 4 is 11.6 Å². The van der Waals surface area contributed by atoms with E-state index < -0.39 is 13.0 Å². The van der Waals surface area contributed by atoms with Gasteiger partial charge in [-0.1, -0.05) is 24.6 Å². The Bertz CT molecular complexity index is 360. The minimum absolute atomic E-state index is 0.0823. The number of nitrogens with two attached hydrogens (primary N) is 1. The van der Waals surface area contributed by atoms with Crippen molar-refractivity contribution in [3.63, 3.8) is 0 Å². The zero-order valence-corrected chi connectivity index (χ0v) is 10.4. The van der Waals surface area contributed by atoms with Gasteiger partial charge in [0.15, 0.2) is 0 Å². The van der Waals surface area contributed by atoms with E-state index in [1.807, 2.05) is 6.92 Å². The summed E-state index contributed by atoms with van der Waals surface area (Å²) < 4.78 is 28.8. The van der Waals surface area contributed by atoms with Crippen molar-refractivity contribution in [2.45, 2.75) is 32.2 Å².